The lowest BCUT2D eigenvalue weighted by molar-refractivity contribution is 0.126. The second kappa shape index (κ2) is 9.01. The van der Waals surface area contributed by atoms with Gasteiger partial charge in [-0.2, -0.15) is 0 Å². The van der Waals surface area contributed by atoms with E-state index in [9.17, 15) is 0 Å². The molecule has 0 aromatic carbocycles. The molecule has 0 radical (unpaired) electrons. The van der Waals surface area contributed by atoms with Crippen molar-refractivity contribution in [1.29, 1.82) is 0 Å². The van der Waals surface area contributed by atoms with Gasteiger partial charge in [0.2, 0.25) is 0 Å². The van der Waals surface area contributed by atoms with E-state index >= 15 is 0 Å². The molecule has 0 bridgehead atoms. The van der Waals surface area contributed by atoms with Crippen LogP contribution in [-0.4, -0.2) is 62.7 Å². The zero-order valence-corrected chi connectivity index (χ0v) is 14.5. The summed E-state index contributed by atoms with van der Waals surface area (Å²) >= 11 is 0. The molecule has 1 rings (SSSR count). The van der Waals surface area contributed by atoms with Crippen LogP contribution in [0.25, 0.3) is 0 Å². The van der Waals surface area contributed by atoms with Gasteiger partial charge in [0.1, 0.15) is 0 Å². The lowest BCUT2D eigenvalue weighted by atomic mass is 9.81. The fourth-order valence-corrected chi connectivity index (χ4v) is 2.83. The monoisotopic (exact) mass is 283 g/mol. The van der Waals surface area contributed by atoms with Gasteiger partial charge in [0.15, 0.2) is 0 Å². The molecule has 0 spiro atoms. The molecular weight excluding hydrogens is 246 g/mol. The van der Waals surface area contributed by atoms with E-state index < -0.39 is 0 Å². The van der Waals surface area contributed by atoms with Crippen molar-refractivity contribution < 1.29 is 0 Å². The molecule has 3 heteroatoms. The standard InChI is InChI=1S/C17H37N3/c1-6-11-20(13-12-19(4)5)15-17(7-2,8-3)14-18-16-9-10-16/h16,18H,6-15H2,1-5H3. The second-order valence-electron chi connectivity index (χ2n) is 6.94. The van der Waals surface area contributed by atoms with Gasteiger partial charge in [-0.1, -0.05) is 20.8 Å². The Morgan fingerprint density at radius 1 is 1.00 bits per heavy atom. The summed E-state index contributed by atoms with van der Waals surface area (Å²) in [6.07, 6.45) is 6.61. The average Bonchev–Trinajstić information content (AvgIpc) is 3.25. The maximum Gasteiger partial charge on any atom is 0.0109 e. The van der Waals surface area contributed by atoms with E-state index in [1.807, 2.05) is 0 Å². The van der Waals surface area contributed by atoms with Crippen LogP contribution in [0.5, 0.6) is 0 Å². The van der Waals surface area contributed by atoms with Gasteiger partial charge in [0, 0.05) is 32.2 Å². The van der Waals surface area contributed by atoms with Crippen molar-refractivity contribution >= 4 is 0 Å². The quantitative estimate of drug-likeness (QED) is 0.594. The van der Waals surface area contributed by atoms with Crippen molar-refractivity contribution in [3.05, 3.63) is 0 Å². The third-order valence-electron chi connectivity index (χ3n) is 4.81. The van der Waals surface area contributed by atoms with E-state index in [2.05, 4.69) is 50.0 Å². The van der Waals surface area contributed by atoms with E-state index in [0.29, 0.717) is 5.41 Å². The summed E-state index contributed by atoms with van der Waals surface area (Å²) in [4.78, 5) is 4.98. The first-order chi connectivity index (χ1) is 9.55. The topological polar surface area (TPSA) is 18.5 Å². The molecule has 1 aliphatic carbocycles. The zero-order valence-electron chi connectivity index (χ0n) is 14.5. The Kier molecular flexibility index (Phi) is 8.08. The van der Waals surface area contributed by atoms with Gasteiger partial charge in [0.05, 0.1) is 0 Å². The molecule has 120 valence electrons. The number of nitrogens with zero attached hydrogens (tertiary/aromatic N) is 2. The van der Waals surface area contributed by atoms with Crippen LogP contribution in [0.1, 0.15) is 52.9 Å². The molecule has 1 saturated carbocycles. The molecule has 1 N–H and O–H groups in total. The van der Waals surface area contributed by atoms with Gasteiger partial charge in [0.25, 0.3) is 0 Å². The molecule has 0 aromatic heterocycles. The predicted molar refractivity (Wildman–Crippen MR) is 89.3 cm³/mol. The SMILES string of the molecule is CCCN(CCN(C)C)CC(CC)(CC)CNC1CC1. The first-order valence-corrected chi connectivity index (χ1v) is 8.65. The van der Waals surface area contributed by atoms with Gasteiger partial charge in [-0.3, -0.25) is 0 Å². The highest BCUT2D eigenvalue weighted by Gasteiger charge is 2.31. The van der Waals surface area contributed by atoms with Crippen LogP contribution >= 0.6 is 0 Å². The minimum Gasteiger partial charge on any atom is -0.313 e. The summed E-state index contributed by atoms with van der Waals surface area (Å²) < 4.78 is 0. The van der Waals surface area contributed by atoms with Gasteiger partial charge in [-0.15, -0.1) is 0 Å². The Morgan fingerprint density at radius 2 is 1.65 bits per heavy atom. The number of rotatable bonds is 12. The van der Waals surface area contributed by atoms with Crippen molar-refractivity contribution in [2.75, 3.05) is 46.8 Å². The van der Waals surface area contributed by atoms with Crippen LogP contribution in [0.3, 0.4) is 0 Å². The predicted octanol–water partition coefficient (Wildman–Crippen LogP) is 2.82. The van der Waals surface area contributed by atoms with E-state index in [-0.39, 0.29) is 0 Å². The van der Waals surface area contributed by atoms with E-state index in [1.165, 1.54) is 64.8 Å². The first kappa shape index (κ1) is 17.9. The molecule has 0 aliphatic heterocycles. The van der Waals surface area contributed by atoms with Gasteiger partial charge in [-0.05, 0) is 58.2 Å². The van der Waals surface area contributed by atoms with Crippen LogP contribution < -0.4 is 5.32 Å². The third-order valence-corrected chi connectivity index (χ3v) is 4.81. The van der Waals surface area contributed by atoms with Crippen LogP contribution in [0.4, 0.5) is 0 Å². The summed E-state index contributed by atoms with van der Waals surface area (Å²) in [5.41, 5.74) is 0.462. The molecule has 1 aliphatic rings. The summed E-state index contributed by atoms with van der Waals surface area (Å²) in [6.45, 7) is 13.1. The highest BCUT2D eigenvalue weighted by molar-refractivity contribution is 4.88. The molecular formula is C17H37N3. The van der Waals surface area contributed by atoms with Crippen LogP contribution in [0.15, 0.2) is 0 Å². The van der Waals surface area contributed by atoms with Crippen molar-refractivity contribution in [2.24, 2.45) is 5.41 Å². The summed E-state index contributed by atoms with van der Waals surface area (Å²) in [6, 6.07) is 0.828. The highest BCUT2D eigenvalue weighted by Crippen LogP contribution is 2.29. The van der Waals surface area contributed by atoms with Gasteiger partial charge in [-0.25, -0.2) is 0 Å². The lowest BCUT2D eigenvalue weighted by Crippen LogP contribution is -2.46. The normalized spacial score (nSPS) is 16.4. The summed E-state index contributed by atoms with van der Waals surface area (Å²) in [5.74, 6) is 0. The summed E-state index contributed by atoms with van der Waals surface area (Å²) in [5, 5.41) is 3.77. The number of likely N-dealkylation sites (N-methyl/N-ethyl adjacent to an activating group) is 1. The number of hydrogen-bond acceptors (Lipinski definition) is 3. The molecule has 0 aromatic rings. The maximum atomic E-state index is 3.77. The molecule has 0 amide bonds. The lowest BCUT2D eigenvalue weighted by Gasteiger charge is -2.38. The molecule has 0 saturated heterocycles. The first-order valence-electron chi connectivity index (χ1n) is 8.65. The van der Waals surface area contributed by atoms with E-state index in [4.69, 9.17) is 0 Å². The summed E-state index contributed by atoms with van der Waals surface area (Å²) in [7, 11) is 4.34. The van der Waals surface area contributed by atoms with Crippen molar-refractivity contribution in [3.8, 4) is 0 Å². The molecule has 0 atom stereocenters. The van der Waals surface area contributed by atoms with E-state index in [1.54, 1.807) is 0 Å². The van der Waals surface area contributed by atoms with Gasteiger partial charge >= 0.3 is 0 Å². The second-order valence-corrected chi connectivity index (χ2v) is 6.94. The Labute approximate surface area is 127 Å². The molecule has 0 heterocycles. The minimum absolute atomic E-state index is 0.462. The smallest absolute Gasteiger partial charge is 0.0109 e. The Morgan fingerprint density at radius 3 is 2.10 bits per heavy atom. The fourth-order valence-electron chi connectivity index (χ4n) is 2.83. The van der Waals surface area contributed by atoms with Crippen molar-refractivity contribution in [2.45, 2.75) is 58.9 Å². The number of hydrogen-bond donors (Lipinski definition) is 1. The Bertz CT molecular complexity index is 245. The largest absolute Gasteiger partial charge is 0.313 e. The molecule has 1 fully saturated rings. The Hall–Kier alpha value is -0.120. The van der Waals surface area contributed by atoms with Crippen LogP contribution in [0, 0.1) is 5.41 Å². The van der Waals surface area contributed by atoms with Crippen molar-refractivity contribution in [1.82, 2.24) is 15.1 Å². The molecule has 0 unspecified atom stereocenters. The fraction of sp³-hybridized carbons (Fsp3) is 1.00. The highest BCUT2D eigenvalue weighted by atomic mass is 15.2. The molecule has 3 nitrogen and oxygen atoms in total. The van der Waals surface area contributed by atoms with Gasteiger partial charge < -0.3 is 15.1 Å². The average molecular weight is 284 g/mol. The zero-order chi connectivity index (χ0) is 15.0. The Balaban J connectivity index is 2.52. The van der Waals surface area contributed by atoms with E-state index in [0.717, 1.165) is 6.04 Å². The van der Waals surface area contributed by atoms with Crippen LogP contribution in [-0.2, 0) is 0 Å². The third kappa shape index (κ3) is 6.55. The molecule has 20 heavy (non-hydrogen) atoms. The number of nitrogens with one attached hydrogen (secondary N) is 1. The van der Waals surface area contributed by atoms with Crippen molar-refractivity contribution in [3.63, 3.8) is 0 Å². The maximum absolute atomic E-state index is 3.77. The van der Waals surface area contributed by atoms with Crippen LogP contribution in [0.2, 0.25) is 0 Å². The minimum atomic E-state index is 0.462.